The van der Waals surface area contributed by atoms with Crippen molar-refractivity contribution < 1.29 is 13.2 Å². The van der Waals surface area contributed by atoms with Gasteiger partial charge in [-0.1, -0.05) is 30.4 Å². The Bertz CT molecular complexity index is 595. The fourth-order valence-corrected chi connectivity index (χ4v) is 3.71. The van der Waals surface area contributed by atoms with E-state index in [1.54, 1.807) is 31.3 Å². The van der Waals surface area contributed by atoms with E-state index in [0.29, 0.717) is 24.3 Å². The van der Waals surface area contributed by atoms with E-state index < -0.39 is 10.0 Å². The van der Waals surface area contributed by atoms with Gasteiger partial charge < -0.3 is 10.5 Å². The molecule has 1 atom stereocenters. The Morgan fingerprint density at radius 2 is 2.30 bits per heavy atom. The van der Waals surface area contributed by atoms with E-state index in [0.717, 1.165) is 6.42 Å². The third kappa shape index (κ3) is 3.54. The van der Waals surface area contributed by atoms with E-state index in [1.165, 1.54) is 4.31 Å². The first kappa shape index (κ1) is 15.4. The molecule has 0 radical (unpaired) electrons. The van der Waals surface area contributed by atoms with E-state index >= 15 is 0 Å². The topological polar surface area (TPSA) is 72.6 Å². The second-order valence-electron chi connectivity index (χ2n) is 4.85. The van der Waals surface area contributed by atoms with Crippen LogP contribution in [0, 0.1) is 0 Å². The highest BCUT2D eigenvalue weighted by Crippen LogP contribution is 2.18. The van der Waals surface area contributed by atoms with Crippen LogP contribution in [-0.2, 0) is 20.5 Å². The van der Waals surface area contributed by atoms with E-state index in [1.807, 2.05) is 0 Å². The molecule has 1 aliphatic rings. The number of ether oxygens (including phenoxy) is 1. The van der Waals surface area contributed by atoms with E-state index in [2.05, 4.69) is 0 Å². The first-order valence-electron chi connectivity index (χ1n) is 6.32. The highest BCUT2D eigenvalue weighted by Gasteiger charge is 2.29. The van der Waals surface area contributed by atoms with Crippen LogP contribution in [0.5, 0.6) is 0 Å². The van der Waals surface area contributed by atoms with Crippen LogP contribution in [0.3, 0.4) is 0 Å². The van der Waals surface area contributed by atoms with Crippen molar-refractivity contribution in [3.8, 4) is 0 Å². The van der Waals surface area contributed by atoms with Gasteiger partial charge in [0.05, 0.1) is 18.4 Å². The first-order chi connectivity index (χ1) is 9.40. The number of nitrogens with zero attached hydrogens (tertiary/aromatic N) is 1. The van der Waals surface area contributed by atoms with Gasteiger partial charge in [0.15, 0.2) is 0 Å². The summed E-state index contributed by atoms with van der Waals surface area (Å²) in [6, 6.07) is 6.95. The molecule has 110 valence electrons. The minimum Gasteiger partial charge on any atom is -0.389 e. The SMILES string of the molecule is CN(C1CCOC1)S(=O)(=O)Cc1cccc(C(N)=S)c1. The van der Waals surface area contributed by atoms with Gasteiger partial charge in [0.25, 0.3) is 0 Å². The average Bonchev–Trinajstić information content (AvgIpc) is 2.91. The lowest BCUT2D eigenvalue weighted by molar-refractivity contribution is 0.181. The molecule has 0 aromatic heterocycles. The summed E-state index contributed by atoms with van der Waals surface area (Å²) in [6.07, 6.45) is 0.739. The second kappa shape index (κ2) is 6.17. The number of hydrogen-bond donors (Lipinski definition) is 1. The minimum atomic E-state index is -3.37. The van der Waals surface area contributed by atoms with E-state index in [9.17, 15) is 8.42 Å². The van der Waals surface area contributed by atoms with Crippen molar-refractivity contribution in [3.63, 3.8) is 0 Å². The van der Waals surface area contributed by atoms with Gasteiger partial charge in [-0.3, -0.25) is 0 Å². The van der Waals surface area contributed by atoms with Crippen molar-refractivity contribution in [2.75, 3.05) is 20.3 Å². The van der Waals surface area contributed by atoms with Crippen molar-refractivity contribution in [1.82, 2.24) is 4.31 Å². The predicted octanol–water partition coefficient (Wildman–Crippen LogP) is 0.871. The van der Waals surface area contributed by atoms with Crippen LogP contribution in [0.4, 0.5) is 0 Å². The van der Waals surface area contributed by atoms with Crippen LogP contribution in [0.2, 0.25) is 0 Å². The summed E-state index contributed by atoms with van der Waals surface area (Å²) >= 11 is 4.90. The van der Waals surface area contributed by atoms with Crippen LogP contribution < -0.4 is 5.73 Å². The summed E-state index contributed by atoms with van der Waals surface area (Å²) in [5.41, 5.74) is 6.92. The van der Waals surface area contributed by atoms with Gasteiger partial charge in [0.1, 0.15) is 4.99 Å². The number of thiocarbonyl (C=S) groups is 1. The molecule has 2 N–H and O–H groups in total. The number of likely N-dealkylation sites (N-methyl/N-ethyl adjacent to an activating group) is 1. The highest BCUT2D eigenvalue weighted by atomic mass is 32.2. The summed E-state index contributed by atoms with van der Waals surface area (Å²) in [4.78, 5) is 0.266. The largest absolute Gasteiger partial charge is 0.389 e. The molecule has 7 heteroatoms. The van der Waals surface area contributed by atoms with Gasteiger partial charge in [-0.25, -0.2) is 8.42 Å². The minimum absolute atomic E-state index is 0.0591. The van der Waals surface area contributed by atoms with Crippen molar-refractivity contribution in [3.05, 3.63) is 35.4 Å². The van der Waals surface area contributed by atoms with Gasteiger partial charge in [-0.2, -0.15) is 4.31 Å². The van der Waals surface area contributed by atoms with Crippen molar-refractivity contribution in [1.29, 1.82) is 0 Å². The van der Waals surface area contributed by atoms with Gasteiger partial charge in [0, 0.05) is 19.2 Å². The number of rotatable bonds is 5. The fraction of sp³-hybridized carbons (Fsp3) is 0.462. The van der Waals surface area contributed by atoms with E-state index in [4.69, 9.17) is 22.7 Å². The molecule has 1 aromatic rings. The van der Waals surface area contributed by atoms with Crippen LogP contribution in [0.25, 0.3) is 0 Å². The Morgan fingerprint density at radius 1 is 1.55 bits per heavy atom. The van der Waals surface area contributed by atoms with Gasteiger partial charge in [-0.15, -0.1) is 0 Å². The number of sulfonamides is 1. The Labute approximate surface area is 124 Å². The zero-order valence-electron chi connectivity index (χ0n) is 11.3. The summed E-state index contributed by atoms with van der Waals surface area (Å²) < 4.78 is 31.4. The highest BCUT2D eigenvalue weighted by molar-refractivity contribution is 7.88. The molecule has 0 amide bonds. The van der Waals surface area contributed by atoms with E-state index in [-0.39, 0.29) is 16.8 Å². The third-order valence-corrected chi connectivity index (χ3v) is 5.53. The molecule has 1 fully saturated rings. The Kier molecular flexibility index (Phi) is 4.74. The summed E-state index contributed by atoms with van der Waals surface area (Å²) in [5.74, 6) is -0.0591. The Morgan fingerprint density at radius 3 is 2.90 bits per heavy atom. The third-order valence-electron chi connectivity index (χ3n) is 3.42. The summed E-state index contributed by atoms with van der Waals surface area (Å²) in [6.45, 7) is 1.07. The lowest BCUT2D eigenvalue weighted by Gasteiger charge is -2.22. The molecule has 0 aliphatic carbocycles. The molecule has 2 rings (SSSR count). The second-order valence-corrected chi connectivity index (χ2v) is 7.32. The van der Waals surface area contributed by atoms with Crippen molar-refractivity contribution in [2.24, 2.45) is 5.73 Å². The van der Waals surface area contributed by atoms with Crippen LogP contribution in [0.15, 0.2) is 24.3 Å². The maximum atomic E-state index is 12.4. The molecule has 1 aromatic carbocycles. The lowest BCUT2D eigenvalue weighted by atomic mass is 10.1. The monoisotopic (exact) mass is 314 g/mol. The smallest absolute Gasteiger partial charge is 0.218 e. The molecule has 0 saturated carbocycles. The molecule has 1 aliphatic heterocycles. The number of hydrogen-bond acceptors (Lipinski definition) is 4. The predicted molar refractivity (Wildman–Crippen MR) is 81.9 cm³/mol. The summed E-state index contributed by atoms with van der Waals surface area (Å²) in [5, 5.41) is 0. The maximum absolute atomic E-state index is 12.4. The lowest BCUT2D eigenvalue weighted by Crippen LogP contribution is -2.38. The average molecular weight is 314 g/mol. The molecular formula is C13H18N2O3S2. The molecule has 20 heavy (non-hydrogen) atoms. The molecule has 1 unspecified atom stereocenters. The van der Waals surface area contributed by atoms with Crippen molar-refractivity contribution in [2.45, 2.75) is 18.2 Å². The Hall–Kier alpha value is -1.02. The first-order valence-corrected chi connectivity index (χ1v) is 8.34. The number of nitrogens with two attached hydrogens (primary N) is 1. The molecule has 1 saturated heterocycles. The zero-order valence-corrected chi connectivity index (χ0v) is 12.9. The molecular weight excluding hydrogens is 296 g/mol. The van der Waals surface area contributed by atoms with Gasteiger partial charge in [-0.05, 0) is 18.1 Å². The van der Waals surface area contributed by atoms with Crippen LogP contribution in [-0.4, -0.2) is 44.0 Å². The molecule has 0 bridgehead atoms. The summed E-state index contributed by atoms with van der Waals surface area (Å²) in [7, 11) is -1.77. The van der Waals surface area contributed by atoms with Gasteiger partial charge in [0.2, 0.25) is 10.0 Å². The Balaban J connectivity index is 2.15. The fourth-order valence-electron chi connectivity index (χ4n) is 2.16. The normalized spacial score (nSPS) is 19.4. The van der Waals surface area contributed by atoms with Crippen molar-refractivity contribution >= 4 is 27.2 Å². The maximum Gasteiger partial charge on any atom is 0.218 e. The molecule has 5 nitrogen and oxygen atoms in total. The van der Waals surface area contributed by atoms with Crippen LogP contribution >= 0.6 is 12.2 Å². The quantitative estimate of drug-likeness (QED) is 0.817. The molecule has 0 spiro atoms. The van der Waals surface area contributed by atoms with Gasteiger partial charge >= 0.3 is 0 Å². The number of benzene rings is 1. The standard InChI is InChI=1S/C13H18N2O3S2/c1-15(12-5-6-18-8-12)20(16,17)9-10-3-2-4-11(7-10)13(14)19/h2-4,7,12H,5-6,8-9H2,1H3,(H2,14,19). The van der Waals surface area contributed by atoms with Crippen LogP contribution in [0.1, 0.15) is 17.5 Å². The molecule has 1 heterocycles. The zero-order chi connectivity index (χ0) is 14.8.